The molecule has 2 heterocycles. The van der Waals surface area contributed by atoms with Crippen molar-refractivity contribution >= 4 is 11.6 Å². The van der Waals surface area contributed by atoms with Gasteiger partial charge in [0, 0.05) is 24.3 Å². The van der Waals surface area contributed by atoms with E-state index in [0.717, 1.165) is 18.7 Å². The van der Waals surface area contributed by atoms with Crippen LogP contribution in [0.25, 0.3) is 11.3 Å². The van der Waals surface area contributed by atoms with Crippen LogP contribution in [-0.4, -0.2) is 36.2 Å². The molecule has 6 heteroatoms. The minimum Gasteiger partial charge on any atom is -0.444 e. The van der Waals surface area contributed by atoms with E-state index in [1.165, 1.54) is 6.39 Å². The third kappa shape index (κ3) is 3.29. The molecule has 1 aromatic heterocycles. The standard InChI is InChI=1S/C15H17N3O3/c1-15(8-17-9-15)21-7-14(19)18-12-4-2-3-11(5-12)13-6-16-10-20-13/h2-6,10,17H,7-9H2,1H3,(H,18,19). The molecular weight excluding hydrogens is 270 g/mol. The van der Waals surface area contributed by atoms with Gasteiger partial charge in [0.2, 0.25) is 5.91 Å². The van der Waals surface area contributed by atoms with E-state index in [1.54, 1.807) is 6.20 Å². The van der Waals surface area contributed by atoms with Crippen molar-refractivity contribution < 1.29 is 13.9 Å². The fraction of sp³-hybridized carbons (Fsp3) is 0.333. The summed E-state index contributed by atoms with van der Waals surface area (Å²) in [5.41, 5.74) is 1.34. The van der Waals surface area contributed by atoms with Gasteiger partial charge in [-0.05, 0) is 19.1 Å². The molecule has 0 aliphatic carbocycles. The second-order valence-corrected chi connectivity index (χ2v) is 5.34. The number of benzene rings is 1. The molecular formula is C15H17N3O3. The van der Waals surface area contributed by atoms with Gasteiger partial charge >= 0.3 is 0 Å². The van der Waals surface area contributed by atoms with Gasteiger partial charge in [0.15, 0.2) is 12.2 Å². The zero-order valence-corrected chi connectivity index (χ0v) is 11.8. The Morgan fingerprint density at radius 2 is 2.38 bits per heavy atom. The first-order valence-corrected chi connectivity index (χ1v) is 6.78. The van der Waals surface area contributed by atoms with Gasteiger partial charge in [-0.2, -0.15) is 0 Å². The van der Waals surface area contributed by atoms with Crippen LogP contribution in [0.3, 0.4) is 0 Å². The smallest absolute Gasteiger partial charge is 0.250 e. The van der Waals surface area contributed by atoms with E-state index in [4.69, 9.17) is 9.15 Å². The number of hydrogen-bond acceptors (Lipinski definition) is 5. The molecule has 1 fully saturated rings. The minimum atomic E-state index is -0.223. The average molecular weight is 287 g/mol. The van der Waals surface area contributed by atoms with E-state index in [-0.39, 0.29) is 18.1 Å². The highest BCUT2D eigenvalue weighted by Gasteiger charge is 2.32. The minimum absolute atomic E-state index is 0.0463. The van der Waals surface area contributed by atoms with Gasteiger partial charge in [0.1, 0.15) is 6.61 Å². The number of carbonyl (C=O) groups excluding carboxylic acids is 1. The number of nitrogens with zero attached hydrogens (tertiary/aromatic N) is 1. The van der Waals surface area contributed by atoms with Crippen molar-refractivity contribution in [3.63, 3.8) is 0 Å². The Morgan fingerprint density at radius 3 is 3.05 bits per heavy atom. The van der Waals surface area contributed by atoms with Crippen LogP contribution >= 0.6 is 0 Å². The maximum absolute atomic E-state index is 11.9. The number of aromatic nitrogens is 1. The number of nitrogens with one attached hydrogen (secondary N) is 2. The average Bonchev–Trinajstić information content (AvgIpc) is 2.97. The summed E-state index contributed by atoms with van der Waals surface area (Å²) in [6, 6.07) is 7.41. The molecule has 2 N–H and O–H groups in total. The van der Waals surface area contributed by atoms with Crippen LogP contribution in [0.5, 0.6) is 0 Å². The molecule has 0 spiro atoms. The lowest BCUT2D eigenvalue weighted by Gasteiger charge is -2.38. The molecule has 1 aromatic carbocycles. The lowest BCUT2D eigenvalue weighted by Crippen LogP contribution is -2.59. The van der Waals surface area contributed by atoms with Gasteiger partial charge in [-0.15, -0.1) is 0 Å². The number of anilines is 1. The molecule has 0 atom stereocenters. The van der Waals surface area contributed by atoms with E-state index in [0.29, 0.717) is 11.4 Å². The van der Waals surface area contributed by atoms with Gasteiger partial charge < -0.3 is 19.8 Å². The highest BCUT2D eigenvalue weighted by Crippen LogP contribution is 2.22. The first kappa shape index (κ1) is 13.8. The SMILES string of the molecule is CC1(OCC(=O)Nc2cccc(-c3cnco3)c2)CNC1. The fourth-order valence-electron chi connectivity index (χ4n) is 2.12. The van der Waals surface area contributed by atoms with Gasteiger partial charge in [0.25, 0.3) is 0 Å². The van der Waals surface area contributed by atoms with Crippen molar-refractivity contribution in [3.8, 4) is 11.3 Å². The summed E-state index contributed by atoms with van der Waals surface area (Å²) in [5, 5.41) is 5.94. The summed E-state index contributed by atoms with van der Waals surface area (Å²) in [5.74, 6) is 0.494. The highest BCUT2D eigenvalue weighted by molar-refractivity contribution is 5.92. The summed E-state index contributed by atoms with van der Waals surface area (Å²) >= 11 is 0. The molecule has 1 aliphatic heterocycles. The normalized spacial score (nSPS) is 16.2. The van der Waals surface area contributed by atoms with Crippen molar-refractivity contribution in [2.45, 2.75) is 12.5 Å². The van der Waals surface area contributed by atoms with Crippen LogP contribution in [0.4, 0.5) is 5.69 Å². The summed E-state index contributed by atoms with van der Waals surface area (Å²) in [7, 11) is 0. The molecule has 6 nitrogen and oxygen atoms in total. The molecule has 1 saturated heterocycles. The molecule has 0 radical (unpaired) electrons. The predicted molar refractivity (Wildman–Crippen MR) is 77.8 cm³/mol. The topological polar surface area (TPSA) is 76.4 Å². The third-order valence-electron chi connectivity index (χ3n) is 3.41. The number of rotatable bonds is 5. The number of amides is 1. The molecule has 110 valence electrons. The molecule has 0 saturated carbocycles. The highest BCUT2D eigenvalue weighted by atomic mass is 16.5. The van der Waals surface area contributed by atoms with Crippen molar-refractivity contribution in [2.75, 3.05) is 25.0 Å². The van der Waals surface area contributed by atoms with Gasteiger partial charge in [-0.25, -0.2) is 4.98 Å². The Bertz CT molecular complexity index is 621. The number of hydrogen-bond donors (Lipinski definition) is 2. The monoisotopic (exact) mass is 287 g/mol. The Labute approximate surface area is 122 Å². The zero-order valence-electron chi connectivity index (χ0n) is 11.8. The van der Waals surface area contributed by atoms with Crippen LogP contribution in [0, 0.1) is 0 Å². The first-order valence-electron chi connectivity index (χ1n) is 6.78. The lowest BCUT2D eigenvalue weighted by molar-refractivity contribution is -0.130. The quantitative estimate of drug-likeness (QED) is 0.874. The molecule has 2 aromatic rings. The predicted octanol–water partition coefficient (Wildman–Crippen LogP) is 1.66. The second kappa shape index (κ2) is 5.67. The number of ether oxygens (including phenoxy) is 1. The van der Waals surface area contributed by atoms with Crippen molar-refractivity contribution in [3.05, 3.63) is 36.9 Å². The molecule has 21 heavy (non-hydrogen) atoms. The molecule has 0 unspecified atom stereocenters. The van der Waals surface area contributed by atoms with Crippen LogP contribution in [0.1, 0.15) is 6.92 Å². The number of carbonyl (C=O) groups is 1. The summed E-state index contributed by atoms with van der Waals surface area (Å²) in [6.07, 6.45) is 3.01. The van der Waals surface area contributed by atoms with Crippen LogP contribution in [0.15, 0.2) is 41.3 Å². The van der Waals surface area contributed by atoms with Crippen LogP contribution < -0.4 is 10.6 Å². The van der Waals surface area contributed by atoms with Gasteiger partial charge in [-0.1, -0.05) is 12.1 Å². The number of oxazole rings is 1. The van der Waals surface area contributed by atoms with E-state index >= 15 is 0 Å². The maximum Gasteiger partial charge on any atom is 0.250 e. The summed E-state index contributed by atoms with van der Waals surface area (Å²) in [4.78, 5) is 15.8. The molecule has 3 rings (SSSR count). The van der Waals surface area contributed by atoms with Crippen molar-refractivity contribution in [2.24, 2.45) is 0 Å². The van der Waals surface area contributed by atoms with E-state index in [1.807, 2.05) is 31.2 Å². The van der Waals surface area contributed by atoms with Crippen LogP contribution in [-0.2, 0) is 9.53 Å². The third-order valence-corrected chi connectivity index (χ3v) is 3.41. The lowest BCUT2D eigenvalue weighted by atomic mass is 10.0. The van der Waals surface area contributed by atoms with Crippen molar-refractivity contribution in [1.29, 1.82) is 0 Å². The molecule has 1 amide bonds. The Kier molecular flexibility index (Phi) is 3.72. The van der Waals surface area contributed by atoms with Gasteiger partial charge in [0.05, 0.1) is 11.8 Å². The Balaban J connectivity index is 1.59. The summed E-state index contributed by atoms with van der Waals surface area (Å²) < 4.78 is 10.8. The van der Waals surface area contributed by atoms with Crippen molar-refractivity contribution in [1.82, 2.24) is 10.3 Å². The Morgan fingerprint density at radius 1 is 1.52 bits per heavy atom. The first-order chi connectivity index (χ1) is 10.1. The zero-order chi connectivity index (χ0) is 14.7. The van der Waals surface area contributed by atoms with E-state index in [2.05, 4.69) is 15.6 Å². The van der Waals surface area contributed by atoms with Crippen LogP contribution in [0.2, 0.25) is 0 Å². The maximum atomic E-state index is 11.9. The summed E-state index contributed by atoms with van der Waals surface area (Å²) in [6.45, 7) is 3.59. The molecule has 1 aliphatic rings. The van der Waals surface area contributed by atoms with E-state index in [9.17, 15) is 4.79 Å². The largest absolute Gasteiger partial charge is 0.444 e. The molecule has 0 bridgehead atoms. The Hall–Kier alpha value is -2.18. The van der Waals surface area contributed by atoms with E-state index < -0.39 is 0 Å². The fourth-order valence-corrected chi connectivity index (χ4v) is 2.12. The van der Waals surface area contributed by atoms with Gasteiger partial charge in [-0.3, -0.25) is 4.79 Å². The second-order valence-electron chi connectivity index (χ2n) is 5.34.